The molecule has 0 radical (unpaired) electrons. The second kappa shape index (κ2) is 7.16. The van der Waals surface area contributed by atoms with Gasteiger partial charge in [-0.05, 0) is 36.8 Å². The Morgan fingerprint density at radius 2 is 1.79 bits per heavy atom. The van der Waals surface area contributed by atoms with Crippen LogP contribution in [-0.4, -0.2) is 41.9 Å². The Labute approximate surface area is 165 Å². The lowest BCUT2D eigenvalue weighted by Gasteiger charge is -2.22. The number of esters is 1. The Bertz CT molecular complexity index is 954. The van der Waals surface area contributed by atoms with Gasteiger partial charge in [0.25, 0.3) is 11.8 Å². The Morgan fingerprint density at radius 3 is 2.46 bits per heavy atom. The number of nitrogens with zero attached hydrogens (tertiary/aromatic N) is 1. The largest absolute Gasteiger partial charge is 0.486 e. The van der Waals surface area contributed by atoms with E-state index in [0.29, 0.717) is 35.3 Å². The van der Waals surface area contributed by atoms with Crippen molar-refractivity contribution in [1.29, 1.82) is 0 Å². The van der Waals surface area contributed by atoms with Gasteiger partial charge in [-0.3, -0.25) is 14.5 Å². The normalized spacial score (nSPS) is 16.0. The van der Waals surface area contributed by atoms with Crippen LogP contribution in [0.25, 0.3) is 0 Å². The van der Waals surface area contributed by atoms with E-state index < -0.39 is 23.8 Å². The number of carbonyl (C=O) groups excluding carboxylic acids is 3. The first-order chi connectivity index (χ1) is 13.5. The van der Waals surface area contributed by atoms with E-state index in [0.717, 1.165) is 4.90 Å². The van der Waals surface area contributed by atoms with Crippen molar-refractivity contribution in [2.24, 2.45) is 0 Å². The maximum Gasteiger partial charge on any atom is 0.329 e. The molecule has 0 bridgehead atoms. The summed E-state index contributed by atoms with van der Waals surface area (Å²) in [6.07, 6.45) is 0. The minimum atomic E-state index is -1.06. The summed E-state index contributed by atoms with van der Waals surface area (Å²) < 4.78 is 16.2. The topological polar surface area (TPSA) is 82.1 Å². The van der Waals surface area contributed by atoms with Crippen LogP contribution in [0.4, 0.5) is 0 Å². The number of carbonyl (C=O) groups is 3. The number of fused-ring (bicyclic) bond motifs is 2. The third kappa shape index (κ3) is 3.07. The first-order valence-corrected chi connectivity index (χ1v) is 9.06. The van der Waals surface area contributed by atoms with E-state index in [-0.39, 0.29) is 17.7 Å². The molecule has 2 aromatic rings. The molecule has 0 fully saturated rings. The van der Waals surface area contributed by atoms with Gasteiger partial charge >= 0.3 is 5.97 Å². The van der Waals surface area contributed by atoms with Gasteiger partial charge in [-0.2, -0.15) is 0 Å². The van der Waals surface area contributed by atoms with Crippen molar-refractivity contribution in [2.45, 2.75) is 19.6 Å². The number of hydrogen-bond acceptors (Lipinski definition) is 6. The van der Waals surface area contributed by atoms with Crippen LogP contribution in [-0.2, 0) is 16.1 Å². The van der Waals surface area contributed by atoms with E-state index in [1.807, 2.05) is 0 Å². The fourth-order valence-corrected chi connectivity index (χ4v) is 3.48. The zero-order valence-corrected chi connectivity index (χ0v) is 15.7. The van der Waals surface area contributed by atoms with Crippen LogP contribution in [0.15, 0.2) is 36.4 Å². The average molecular weight is 402 g/mol. The molecule has 2 aromatic carbocycles. The maximum absolute atomic E-state index is 12.5. The fraction of sp³-hybridized carbons (Fsp3) is 0.250. The van der Waals surface area contributed by atoms with Crippen molar-refractivity contribution < 1.29 is 28.6 Å². The molecule has 0 N–H and O–H groups in total. The second-order valence-corrected chi connectivity index (χ2v) is 6.82. The van der Waals surface area contributed by atoms with E-state index >= 15 is 0 Å². The molecule has 0 saturated carbocycles. The Hall–Kier alpha value is -3.06. The fourth-order valence-electron chi connectivity index (χ4n) is 3.19. The van der Waals surface area contributed by atoms with Gasteiger partial charge in [0.2, 0.25) is 0 Å². The lowest BCUT2D eigenvalue weighted by atomic mass is 10.1. The van der Waals surface area contributed by atoms with Crippen LogP contribution in [0.3, 0.4) is 0 Å². The molecule has 28 heavy (non-hydrogen) atoms. The number of imide groups is 1. The number of hydrogen-bond donors (Lipinski definition) is 0. The summed E-state index contributed by atoms with van der Waals surface area (Å²) in [5.41, 5.74) is 1.17. The third-order valence-electron chi connectivity index (χ3n) is 4.59. The Morgan fingerprint density at radius 1 is 1.14 bits per heavy atom. The molecule has 1 atom stereocenters. The van der Waals surface area contributed by atoms with E-state index in [4.69, 9.17) is 25.8 Å². The molecule has 2 amide bonds. The van der Waals surface area contributed by atoms with Gasteiger partial charge in [-0.25, -0.2) is 4.79 Å². The van der Waals surface area contributed by atoms with Crippen molar-refractivity contribution in [3.05, 3.63) is 58.1 Å². The number of ether oxygens (including phenoxy) is 3. The lowest BCUT2D eigenvalue weighted by Crippen LogP contribution is -2.43. The van der Waals surface area contributed by atoms with Crippen molar-refractivity contribution in [2.75, 3.05) is 13.2 Å². The summed E-state index contributed by atoms with van der Waals surface area (Å²) in [4.78, 5) is 38.3. The molecular formula is C20H16ClNO6. The predicted molar refractivity (Wildman–Crippen MR) is 98.6 cm³/mol. The van der Waals surface area contributed by atoms with Gasteiger partial charge in [0.15, 0.2) is 11.5 Å². The Balaban J connectivity index is 1.45. The molecule has 7 nitrogen and oxygen atoms in total. The van der Waals surface area contributed by atoms with Crippen molar-refractivity contribution in [3.63, 3.8) is 0 Å². The average Bonchev–Trinajstić information content (AvgIpc) is 2.96. The standard InChI is InChI=1S/C20H16ClNO6/c1-11(22-18(23)13-4-2-3-5-14(13)19(22)24)20(25)28-10-12-8-15(21)17-16(9-12)26-6-7-27-17/h2-5,8-9,11H,6-7,10H2,1H3/t11-/m0/s1. The van der Waals surface area contributed by atoms with E-state index in [9.17, 15) is 14.4 Å². The summed E-state index contributed by atoms with van der Waals surface area (Å²) in [6, 6.07) is 8.70. The summed E-state index contributed by atoms with van der Waals surface area (Å²) in [7, 11) is 0. The highest BCUT2D eigenvalue weighted by atomic mass is 35.5. The van der Waals surface area contributed by atoms with Crippen LogP contribution in [0.1, 0.15) is 33.2 Å². The van der Waals surface area contributed by atoms with Gasteiger partial charge in [0.1, 0.15) is 25.9 Å². The highest BCUT2D eigenvalue weighted by Crippen LogP contribution is 2.38. The van der Waals surface area contributed by atoms with Gasteiger partial charge in [-0.15, -0.1) is 0 Å². The van der Waals surface area contributed by atoms with Crippen molar-refractivity contribution >= 4 is 29.4 Å². The van der Waals surface area contributed by atoms with Gasteiger partial charge in [0, 0.05) is 0 Å². The predicted octanol–water partition coefficient (Wildman–Crippen LogP) is 2.84. The molecule has 144 valence electrons. The third-order valence-corrected chi connectivity index (χ3v) is 4.87. The van der Waals surface area contributed by atoms with Gasteiger partial charge in [-0.1, -0.05) is 23.7 Å². The van der Waals surface area contributed by atoms with Crippen LogP contribution in [0.5, 0.6) is 11.5 Å². The van der Waals surface area contributed by atoms with Crippen LogP contribution in [0.2, 0.25) is 5.02 Å². The molecule has 0 aromatic heterocycles. The molecular weight excluding hydrogens is 386 g/mol. The molecule has 8 heteroatoms. The van der Waals surface area contributed by atoms with E-state index in [1.54, 1.807) is 36.4 Å². The number of benzene rings is 2. The van der Waals surface area contributed by atoms with Crippen molar-refractivity contribution in [3.8, 4) is 11.5 Å². The van der Waals surface area contributed by atoms with Crippen LogP contribution >= 0.6 is 11.6 Å². The summed E-state index contributed by atoms with van der Waals surface area (Å²) in [6.45, 7) is 2.20. The highest BCUT2D eigenvalue weighted by Gasteiger charge is 2.41. The van der Waals surface area contributed by atoms with E-state index in [2.05, 4.69) is 0 Å². The van der Waals surface area contributed by atoms with Gasteiger partial charge in [0.05, 0.1) is 16.1 Å². The summed E-state index contributed by atoms with van der Waals surface area (Å²) in [5, 5.41) is 0.358. The molecule has 0 spiro atoms. The van der Waals surface area contributed by atoms with Crippen molar-refractivity contribution in [1.82, 2.24) is 4.90 Å². The maximum atomic E-state index is 12.5. The van der Waals surface area contributed by atoms with Crippen LogP contribution < -0.4 is 9.47 Å². The first-order valence-electron chi connectivity index (χ1n) is 8.69. The van der Waals surface area contributed by atoms with Crippen LogP contribution in [0, 0.1) is 0 Å². The zero-order valence-electron chi connectivity index (χ0n) is 14.9. The molecule has 0 saturated heterocycles. The lowest BCUT2D eigenvalue weighted by molar-refractivity contribution is -0.149. The molecule has 2 aliphatic heterocycles. The number of rotatable bonds is 4. The van der Waals surface area contributed by atoms with E-state index in [1.165, 1.54) is 6.92 Å². The smallest absolute Gasteiger partial charge is 0.329 e. The van der Waals surface area contributed by atoms with Gasteiger partial charge < -0.3 is 14.2 Å². The SMILES string of the molecule is C[C@@H](C(=O)OCc1cc(Cl)c2c(c1)OCCO2)N1C(=O)c2ccccc2C1=O. The molecule has 0 unspecified atom stereocenters. The summed E-state index contributed by atoms with van der Waals surface area (Å²) in [5.74, 6) is -0.763. The first kappa shape index (κ1) is 18.3. The minimum absolute atomic E-state index is 0.0807. The monoisotopic (exact) mass is 401 g/mol. The quantitative estimate of drug-likeness (QED) is 0.578. The zero-order chi connectivity index (χ0) is 19.8. The minimum Gasteiger partial charge on any atom is -0.486 e. The second-order valence-electron chi connectivity index (χ2n) is 6.41. The summed E-state index contributed by atoms with van der Waals surface area (Å²) >= 11 is 6.18. The molecule has 4 rings (SSSR count). The molecule has 2 aliphatic rings. The molecule has 0 aliphatic carbocycles. The number of amides is 2. The Kier molecular flexibility index (Phi) is 4.68. The highest BCUT2D eigenvalue weighted by molar-refractivity contribution is 6.32. The number of halogens is 1. The molecule has 2 heterocycles.